The molecule has 8 heteroatoms. The molecular formula is C15H19N5O3. The Balaban J connectivity index is 1.64. The topological polar surface area (TPSA) is 104 Å². The summed E-state index contributed by atoms with van der Waals surface area (Å²) in [6, 6.07) is 7.27. The molecule has 0 spiro atoms. The van der Waals surface area contributed by atoms with Gasteiger partial charge in [0.1, 0.15) is 6.33 Å². The highest BCUT2D eigenvalue weighted by atomic mass is 16.3. The van der Waals surface area contributed by atoms with Gasteiger partial charge in [-0.1, -0.05) is 12.1 Å². The van der Waals surface area contributed by atoms with Crippen LogP contribution in [0, 0.1) is 5.92 Å². The molecule has 2 atom stereocenters. The zero-order valence-electron chi connectivity index (χ0n) is 12.6. The molecule has 1 fully saturated rings. The van der Waals surface area contributed by atoms with Gasteiger partial charge >= 0.3 is 0 Å². The van der Waals surface area contributed by atoms with E-state index in [0.717, 1.165) is 5.56 Å². The summed E-state index contributed by atoms with van der Waals surface area (Å²) in [6.45, 7) is 1.31. The minimum Gasteiger partial charge on any atom is -0.396 e. The Morgan fingerprint density at radius 1 is 1.30 bits per heavy atom. The quantitative estimate of drug-likeness (QED) is 0.790. The summed E-state index contributed by atoms with van der Waals surface area (Å²) in [6.07, 6.45) is 1.48. The lowest BCUT2D eigenvalue weighted by Crippen LogP contribution is -2.47. The summed E-state index contributed by atoms with van der Waals surface area (Å²) in [5, 5.41) is 30.1. The summed E-state index contributed by atoms with van der Waals surface area (Å²) in [5.41, 5.74) is 1.58. The van der Waals surface area contributed by atoms with E-state index in [9.17, 15) is 9.90 Å². The number of aromatic nitrogens is 4. The lowest BCUT2D eigenvalue weighted by Gasteiger charge is -2.35. The number of benzene rings is 1. The Hall–Kier alpha value is -2.32. The first kappa shape index (κ1) is 15.6. The lowest BCUT2D eigenvalue weighted by molar-refractivity contribution is 0.000876. The number of hydrogen-bond acceptors (Lipinski definition) is 6. The SMILES string of the molecule is O=C(c1ccc(Cn2cnnn2)cc1)N1CC[C@H](CO)[C@H](O)C1. The van der Waals surface area contributed by atoms with Gasteiger partial charge in [-0.3, -0.25) is 4.79 Å². The van der Waals surface area contributed by atoms with Crippen LogP contribution in [-0.4, -0.2) is 67.0 Å². The molecule has 0 saturated carbocycles. The molecule has 1 saturated heterocycles. The molecule has 2 heterocycles. The second kappa shape index (κ2) is 6.84. The van der Waals surface area contributed by atoms with Crippen LogP contribution in [0.4, 0.5) is 0 Å². The van der Waals surface area contributed by atoms with Crippen LogP contribution in [0.15, 0.2) is 30.6 Å². The molecule has 1 aromatic carbocycles. The van der Waals surface area contributed by atoms with Crippen molar-refractivity contribution in [2.24, 2.45) is 5.92 Å². The number of hydrogen-bond donors (Lipinski definition) is 2. The lowest BCUT2D eigenvalue weighted by atomic mass is 9.94. The summed E-state index contributed by atoms with van der Waals surface area (Å²) >= 11 is 0. The van der Waals surface area contributed by atoms with E-state index >= 15 is 0 Å². The van der Waals surface area contributed by atoms with E-state index in [4.69, 9.17) is 5.11 Å². The minimum atomic E-state index is -0.670. The number of tetrazole rings is 1. The van der Waals surface area contributed by atoms with Crippen molar-refractivity contribution in [3.63, 3.8) is 0 Å². The van der Waals surface area contributed by atoms with Crippen LogP contribution in [0.25, 0.3) is 0 Å². The molecule has 1 aromatic heterocycles. The Kier molecular flexibility index (Phi) is 4.63. The van der Waals surface area contributed by atoms with Crippen molar-refractivity contribution in [3.05, 3.63) is 41.7 Å². The maximum atomic E-state index is 12.5. The number of amides is 1. The second-order valence-electron chi connectivity index (χ2n) is 5.75. The summed E-state index contributed by atoms with van der Waals surface area (Å²) in [7, 11) is 0. The molecule has 0 unspecified atom stereocenters. The van der Waals surface area contributed by atoms with Crippen molar-refractivity contribution in [3.8, 4) is 0 Å². The Morgan fingerprint density at radius 2 is 2.09 bits per heavy atom. The predicted molar refractivity (Wildman–Crippen MR) is 80.5 cm³/mol. The summed E-state index contributed by atoms with van der Waals surface area (Å²) in [4.78, 5) is 14.1. The van der Waals surface area contributed by atoms with E-state index < -0.39 is 6.10 Å². The fraction of sp³-hybridized carbons (Fsp3) is 0.467. The van der Waals surface area contributed by atoms with Crippen LogP contribution in [0.1, 0.15) is 22.3 Å². The molecule has 3 rings (SSSR count). The normalized spacial score (nSPS) is 21.4. The number of rotatable bonds is 4. The molecule has 2 N–H and O–H groups in total. The van der Waals surface area contributed by atoms with Crippen LogP contribution in [-0.2, 0) is 6.54 Å². The molecule has 1 amide bonds. The average molecular weight is 317 g/mol. The van der Waals surface area contributed by atoms with Gasteiger partial charge in [0.2, 0.25) is 0 Å². The molecular weight excluding hydrogens is 298 g/mol. The average Bonchev–Trinajstić information content (AvgIpc) is 3.08. The third kappa shape index (κ3) is 3.54. The molecule has 8 nitrogen and oxygen atoms in total. The molecule has 1 aliphatic heterocycles. The zero-order valence-corrected chi connectivity index (χ0v) is 12.6. The Morgan fingerprint density at radius 3 is 2.70 bits per heavy atom. The van der Waals surface area contributed by atoms with Crippen molar-refractivity contribution in [2.45, 2.75) is 19.1 Å². The van der Waals surface area contributed by atoms with Crippen molar-refractivity contribution >= 4 is 5.91 Å². The highest BCUT2D eigenvalue weighted by molar-refractivity contribution is 5.94. The number of nitrogens with zero attached hydrogens (tertiary/aromatic N) is 5. The van der Waals surface area contributed by atoms with Crippen LogP contribution in [0.3, 0.4) is 0 Å². The van der Waals surface area contributed by atoms with Gasteiger partial charge in [-0.25, -0.2) is 4.68 Å². The third-order valence-corrected chi connectivity index (χ3v) is 4.18. The number of piperidine rings is 1. The molecule has 122 valence electrons. The van der Waals surface area contributed by atoms with Crippen molar-refractivity contribution < 1.29 is 15.0 Å². The molecule has 0 aliphatic carbocycles. The Labute approximate surface area is 133 Å². The number of carbonyl (C=O) groups is 1. The first-order chi connectivity index (χ1) is 11.2. The second-order valence-corrected chi connectivity index (χ2v) is 5.75. The van der Waals surface area contributed by atoms with Gasteiger partial charge in [0, 0.05) is 31.2 Å². The number of carbonyl (C=O) groups excluding carboxylic acids is 1. The van der Waals surface area contributed by atoms with Gasteiger partial charge in [0.15, 0.2) is 0 Å². The molecule has 1 aliphatic rings. The van der Waals surface area contributed by atoms with E-state index in [0.29, 0.717) is 25.1 Å². The highest BCUT2D eigenvalue weighted by Gasteiger charge is 2.29. The van der Waals surface area contributed by atoms with Gasteiger partial charge in [-0.2, -0.15) is 0 Å². The van der Waals surface area contributed by atoms with E-state index in [2.05, 4.69) is 15.5 Å². The number of aliphatic hydroxyl groups is 2. The minimum absolute atomic E-state index is 0.0466. The maximum Gasteiger partial charge on any atom is 0.253 e. The van der Waals surface area contributed by atoms with Crippen LogP contribution < -0.4 is 0 Å². The van der Waals surface area contributed by atoms with Crippen molar-refractivity contribution in [1.82, 2.24) is 25.1 Å². The highest BCUT2D eigenvalue weighted by Crippen LogP contribution is 2.19. The monoisotopic (exact) mass is 317 g/mol. The first-order valence-electron chi connectivity index (χ1n) is 7.55. The summed E-state index contributed by atoms with van der Waals surface area (Å²) in [5.74, 6) is -0.243. The first-order valence-corrected chi connectivity index (χ1v) is 7.55. The van der Waals surface area contributed by atoms with Crippen LogP contribution >= 0.6 is 0 Å². The standard InChI is InChI=1S/C15H19N5O3/c21-9-13-5-6-19(8-14(13)22)15(23)12-3-1-11(2-4-12)7-20-10-16-17-18-20/h1-4,10,13-14,21-22H,5-9H2/t13-,14-/m1/s1. The summed E-state index contributed by atoms with van der Waals surface area (Å²) < 4.78 is 1.60. The zero-order chi connectivity index (χ0) is 16.2. The van der Waals surface area contributed by atoms with E-state index in [1.54, 1.807) is 21.7 Å². The van der Waals surface area contributed by atoms with Gasteiger partial charge in [-0.05, 0) is 34.5 Å². The van der Waals surface area contributed by atoms with Gasteiger partial charge in [0.05, 0.1) is 12.6 Å². The van der Waals surface area contributed by atoms with Crippen LogP contribution in [0.5, 0.6) is 0 Å². The van der Waals surface area contributed by atoms with E-state index in [-0.39, 0.29) is 25.0 Å². The third-order valence-electron chi connectivity index (χ3n) is 4.18. The molecule has 0 radical (unpaired) electrons. The predicted octanol–water partition coefficient (Wildman–Crippen LogP) is -0.463. The van der Waals surface area contributed by atoms with E-state index in [1.807, 2.05) is 12.1 Å². The number of β-amino-alcohol motifs (C(OH)–C–C–N with tert-alkyl or cyclic N) is 1. The number of likely N-dealkylation sites (tertiary alicyclic amines) is 1. The molecule has 0 bridgehead atoms. The largest absolute Gasteiger partial charge is 0.396 e. The van der Waals surface area contributed by atoms with Gasteiger partial charge < -0.3 is 15.1 Å². The molecule has 2 aromatic rings. The maximum absolute atomic E-state index is 12.5. The van der Waals surface area contributed by atoms with Gasteiger partial charge in [0.25, 0.3) is 5.91 Å². The van der Waals surface area contributed by atoms with Crippen molar-refractivity contribution in [2.75, 3.05) is 19.7 Å². The van der Waals surface area contributed by atoms with E-state index in [1.165, 1.54) is 6.33 Å². The van der Waals surface area contributed by atoms with Gasteiger partial charge in [-0.15, -0.1) is 5.10 Å². The van der Waals surface area contributed by atoms with Crippen molar-refractivity contribution in [1.29, 1.82) is 0 Å². The Bertz CT molecular complexity index is 644. The number of aliphatic hydroxyl groups excluding tert-OH is 2. The smallest absolute Gasteiger partial charge is 0.253 e. The van der Waals surface area contributed by atoms with Crippen LogP contribution in [0.2, 0.25) is 0 Å². The fourth-order valence-corrected chi connectivity index (χ4v) is 2.75. The molecule has 23 heavy (non-hydrogen) atoms. The fourth-order valence-electron chi connectivity index (χ4n) is 2.75.